The summed E-state index contributed by atoms with van der Waals surface area (Å²) in [6.07, 6.45) is -4.81. The van der Waals surface area contributed by atoms with Gasteiger partial charge in [0.1, 0.15) is 17.1 Å². The van der Waals surface area contributed by atoms with Crippen molar-refractivity contribution in [1.29, 1.82) is 0 Å². The summed E-state index contributed by atoms with van der Waals surface area (Å²) in [5.74, 6) is -5.28. The Morgan fingerprint density at radius 1 is 0.913 bits per heavy atom. The van der Waals surface area contributed by atoms with Crippen molar-refractivity contribution in [2.75, 3.05) is 6.54 Å². The van der Waals surface area contributed by atoms with E-state index in [0.717, 1.165) is 24.3 Å². The molecule has 1 amide bonds. The van der Waals surface area contributed by atoms with E-state index in [1.54, 1.807) is 42.5 Å². The molecule has 7 nitrogen and oxygen atoms in total. The number of hydrogen-bond donors (Lipinski definition) is 3. The Hall–Kier alpha value is -5.65. The van der Waals surface area contributed by atoms with Crippen LogP contribution >= 0.6 is 0 Å². The minimum atomic E-state index is -4.93. The fourth-order valence-electron chi connectivity index (χ4n) is 5.55. The number of hydrogen-bond acceptors (Lipinski definition) is 5. The largest absolute Gasteiger partial charge is 0.573 e. The number of amides is 1. The van der Waals surface area contributed by atoms with Gasteiger partial charge in [-0.3, -0.25) is 4.79 Å². The molecule has 0 radical (unpaired) electrons. The van der Waals surface area contributed by atoms with Gasteiger partial charge >= 0.3 is 12.0 Å². The average Bonchev–Trinajstić information content (AvgIpc) is 3.38. The number of fused-ring (bicyclic) bond motifs is 2. The first-order chi connectivity index (χ1) is 22.0. The van der Waals surface area contributed by atoms with E-state index in [2.05, 4.69) is 15.0 Å². The van der Waals surface area contributed by atoms with E-state index >= 15 is 0 Å². The van der Waals surface area contributed by atoms with Crippen molar-refractivity contribution in [1.82, 2.24) is 10.3 Å². The van der Waals surface area contributed by atoms with Crippen LogP contribution in [0.2, 0.25) is 0 Å². The number of carbonyl (C=O) groups excluding carboxylic acids is 1. The summed E-state index contributed by atoms with van der Waals surface area (Å²) < 4.78 is 76.2. The lowest BCUT2D eigenvalue weighted by atomic mass is 9.85. The molecule has 0 fully saturated rings. The molecule has 2 aromatic heterocycles. The number of aromatic nitrogens is 1. The second-order valence-electron chi connectivity index (χ2n) is 10.4. The van der Waals surface area contributed by atoms with Crippen LogP contribution in [0.5, 0.6) is 11.5 Å². The third kappa shape index (κ3) is 5.88. The van der Waals surface area contributed by atoms with Crippen LogP contribution in [0.25, 0.3) is 21.9 Å². The highest BCUT2D eigenvalue weighted by molar-refractivity contribution is 5.94. The van der Waals surface area contributed by atoms with Gasteiger partial charge in [-0.15, -0.1) is 13.2 Å². The molecule has 1 unspecified atom stereocenters. The van der Waals surface area contributed by atoms with Crippen molar-refractivity contribution >= 4 is 27.8 Å². The van der Waals surface area contributed by atoms with Crippen molar-refractivity contribution in [3.63, 3.8) is 0 Å². The lowest BCUT2D eigenvalue weighted by molar-refractivity contribution is -0.274. The Labute approximate surface area is 256 Å². The number of benzene rings is 4. The van der Waals surface area contributed by atoms with Crippen molar-refractivity contribution in [2.24, 2.45) is 0 Å². The Bertz CT molecular complexity index is 2140. The van der Waals surface area contributed by atoms with E-state index in [4.69, 9.17) is 4.42 Å². The number of aromatic hydroxyl groups is 1. The van der Waals surface area contributed by atoms with E-state index in [1.807, 2.05) is 0 Å². The van der Waals surface area contributed by atoms with Crippen LogP contribution in [0.4, 0.5) is 22.0 Å². The number of aromatic amines is 1. The molecule has 0 spiro atoms. The monoisotopic (exact) mass is 634 g/mol. The van der Waals surface area contributed by atoms with Gasteiger partial charge in [0.2, 0.25) is 0 Å². The maximum Gasteiger partial charge on any atom is 0.573 e. The van der Waals surface area contributed by atoms with E-state index < -0.39 is 46.8 Å². The number of halogens is 5. The predicted molar refractivity (Wildman–Crippen MR) is 159 cm³/mol. The molecule has 0 aliphatic heterocycles. The number of alkyl halides is 3. The summed E-state index contributed by atoms with van der Waals surface area (Å²) >= 11 is 0. The van der Waals surface area contributed by atoms with E-state index in [1.165, 1.54) is 24.3 Å². The summed E-state index contributed by atoms with van der Waals surface area (Å²) in [6.45, 7) is -0.0486. The average molecular weight is 635 g/mol. The zero-order valence-corrected chi connectivity index (χ0v) is 23.6. The van der Waals surface area contributed by atoms with Gasteiger partial charge in [0, 0.05) is 23.1 Å². The third-order valence-electron chi connectivity index (χ3n) is 7.55. The molecule has 6 aromatic rings. The van der Waals surface area contributed by atoms with E-state index in [-0.39, 0.29) is 35.2 Å². The molecule has 12 heteroatoms. The number of H-pyrrole nitrogens is 1. The second-order valence-corrected chi connectivity index (χ2v) is 10.4. The van der Waals surface area contributed by atoms with Gasteiger partial charge in [0.05, 0.1) is 22.4 Å². The maximum atomic E-state index is 14.2. The Balaban J connectivity index is 1.47. The fourth-order valence-corrected chi connectivity index (χ4v) is 5.55. The molecule has 2 heterocycles. The zero-order chi connectivity index (χ0) is 32.6. The van der Waals surface area contributed by atoms with Gasteiger partial charge in [-0.2, -0.15) is 0 Å². The fraction of sp³-hybridized carbons (Fsp3) is 0.118. The summed E-state index contributed by atoms with van der Waals surface area (Å²) in [6, 6.07) is 21.5. The third-order valence-corrected chi connectivity index (χ3v) is 7.55. The van der Waals surface area contributed by atoms with Crippen LogP contribution in [0.3, 0.4) is 0 Å². The van der Waals surface area contributed by atoms with E-state index in [0.29, 0.717) is 27.7 Å². The van der Waals surface area contributed by atoms with Gasteiger partial charge < -0.3 is 24.6 Å². The Morgan fingerprint density at radius 2 is 1.61 bits per heavy atom. The van der Waals surface area contributed by atoms with Crippen molar-refractivity contribution < 1.29 is 41.0 Å². The molecular formula is C34H23F5N2O5. The van der Waals surface area contributed by atoms with Gasteiger partial charge in [0.15, 0.2) is 11.6 Å². The van der Waals surface area contributed by atoms with Crippen LogP contribution in [0, 0.1) is 11.6 Å². The van der Waals surface area contributed by atoms with Crippen LogP contribution in [0.15, 0.2) is 100 Å². The first-order valence-electron chi connectivity index (χ1n) is 13.9. The quantitative estimate of drug-likeness (QED) is 0.120. The highest BCUT2D eigenvalue weighted by Crippen LogP contribution is 2.41. The lowest BCUT2D eigenvalue weighted by Gasteiger charge is -2.20. The molecule has 3 N–H and O–H groups in total. The lowest BCUT2D eigenvalue weighted by Crippen LogP contribution is -2.27. The number of para-hydroxylation sites is 2. The number of ether oxygens (including phenoxy) is 1. The van der Waals surface area contributed by atoms with Crippen LogP contribution in [-0.2, 0) is 6.42 Å². The Morgan fingerprint density at radius 3 is 2.35 bits per heavy atom. The topological polar surface area (TPSA) is 105 Å². The molecular weight excluding hydrogens is 611 g/mol. The molecule has 234 valence electrons. The van der Waals surface area contributed by atoms with Crippen molar-refractivity contribution in [3.05, 3.63) is 141 Å². The molecule has 0 saturated carbocycles. The number of nitrogens with one attached hydrogen (secondary N) is 2. The van der Waals surface area contributed by atoms with Crippen LogP contribution in [-0.4, -0.2) is 28.9 Å². The standard InChI is InChI=1S/C34H23F5N2O5/c35-24-9-5-8-23(29(24)36)32(43)40-17-16-21-20-6-1-3-10-25(20)41-30(21)27(18-12-14-19(15-13-18)46-34(37,38)39)28-31(42)22-7-2-4-11-26(22)45-33(28)44/h1-15,27,41-42H,16-17H2,(H,40,43). The summed E-state index contributed by atoms with van der Waals surface area (Å²) in [4.78, 5) is 29.5. The molecule has 1 atom stereocenters. The molecule has 0 bridgehead atoms. The molecule has 0 saturated heterocycles. The summed E-state index contributed by atoms with van der Waals surface area (Å²) in [5, 5.41) is 15.0. The smallest absolute Gasteiger partial charge is 0.507 e. The zero-order valence-electron chi connectivity index (χ0n) is 23.6. The molecule has 6 rings (SSSR count). The molecule has 0 aliphatic rings. The van der Waals surface area contributed by atoms with Gasteiger partial charge in [-0.1, -0.05) is 48.5 Å². The van der Waals surface area contributed by atoms with Crippen molar-refractivity contribution in [2.45, 2.75) is 18.7 Å². The normalized spacial score (nSPS) is 12.4. The first-order valence-corrected chi connectivity index (χ1v) is 13.9. The minimum absolute atomic E-state index is 0.0486. The van der Waals surface area contributed by atoms with E-state index in [9.17, 15) is 36.6 Å². The number of carbonyl (C=O) groups is 1. The van der Waals surface area contributed by atoms with Crippen LogP contribution < -0.4 is 15.7 Å². The number of rotatable bonds is 8. The first kappa shape index (κ1) is 30.4. The highest BCUT2D eigenvalue weighted by Gasteiger charge is 2.33. The Kier molecular flexibility index (Phi) is 7.95. The van der Waals surface area contributed by atoms with Gasteiger partial charge in [-0.25, -0.2) is 13.6 Å². The summed E-state index contributed by atoms with van der Waals surface area (Å²) in [5.41, 5.74) is 0.506. The highest BCUT2D eigenvalue weighted by atomic mass is 19.4. The van der Waals surface area contributed by atoms with Gasteiger partial charge in [-0.05, 0) is 60.0 Å². The second kappa shape index (κ2) is 12.0. The van der Waals surface area contributed by atoms with Crippen molar-refractivity contribution in [3.8, 4) is 11.5 Å². The SMILES string of the molecule is O=C(NCCc1c(C(c2ccc(OC(F)(F)F)cc2)c2c(O)c3ccccc3oc2=O)[nH]c2ccccc12)c1cccc(F)c1F. The molecule has 4 aromatic carbocycles. The predicted octanol–water partition coefficient (Wildman–Crippen LogP) is 7.31. The minimum Gasteiger partial charge on any atom is -0.507 e. The molecule has 0 aliphatic carbocycles. The maximum absolute atomic E-state index is 14.2. The van der Waals surface area contributed by atoms with Crippen LogP contribution in [0.1, 0.15) is 38.7 Å². The van der Waals surface area contributed by atoms with Gasteiger partial charge in [0.25, 0.3) is 5.91 Å². The molecule has 46 heavy (non-hydrogen) atoms. The summed E-state index contributed by atoms with van der Waals surface area (Å²) in [7, 11) is 0.